The Morgan fingerprint density at radius 1 is 1.14 bits per heavy atom. The molecule has 2 aromatic carbocycles. The molecular weight excluding hydrogens is 411 g/mol. The second-order valence-corrected chi connectivity index (χ2v) is 7.58. The van der Waals surface area contributed by atoms with Gasteiger partial charge in [-0.2, -0.15) is 3.97 Å². The van der Waals surface area contributed by atoms with Crippen LogP contribution >= 0.6 is 0 Å². The molecule has 3 rings (SSSR count). The first-order valence-electron chi connectivity index (χ1n) is 8.41. The van der Waals surface area contributed by atoms with E-state index in [1.807, 2.05) is 0 Å². The summed E-state index contributed by atoms with van der Waals surface area (Å²) in [6.45, 7) is 0. The summed E-state index contributed by atoms with van der Waals surface area (Å²) in [5.74, 6) is -0.803. The van der Waals surface area contributed by atoms with Crippen LogP contribution in [-0.2, 0) is 26.4 Å². The number of carboxylic acids is 1. The number of thiol groups is 1. The molecule has 6 nitrogen and oxygen atoms in total. The van der Waals surface area contributed by atoms with Gasteiger partial charge in [0, 0.05) is 11.8 Å². The van der Waals surface area contributed by atoms with Crippen molar-refractivity contribution < 1.29 is 36.8 Å². The lowest BCUT2D eigenvalue weighted by atomic mass is 10.1. The third kappa shape index (κ3) is 4.89. The highest BCUT2D eigenvalue weighted by atomic mass is 32.2. The number of nitrogens with zero attached hydrogens (tertiary/aromatic N) is 1. The Labute approximate surface area is 166 Å². The minimum absolute atomic E-state index is 0.101. The van der Waals surface area contributed by atoms with E-state index in [2.05, 4.69) is 4.74 Å². The molecule has 154 valence electrons. The number of benzene rings is 2. The van der Waals surface area contributed by atoms with Crippen molar-refractivity contribution in [3.8, 4) is 11.5 Å². The minimum Gasteiger partial charge on any atom is -0.497 e. The Morgan fingerprint density at radius 3 is 2.38 bits per heavy atom. The average molecular weight is 428 g/mol. The van der Waals surface area contributed by atoms with Crippen LogP contribution in [0.3, 0.4) is 0 Å². The van der Waals surface area contributed by atoms with E-state index in [1.165, 1.54) is 23.2 Å². The van der Waals surface area contributed by atoms with E-state index < -0.39 is 29.1 Å². The number of alkyl halides is 3. The number of rotatable bonds is 7. The van der Waals surface area contributed by atoms with Crippen LogP contribution in [0.2, 0.25) is 0 Å². The van der Waals surface area contributed by atoms with Crippen molar-refractivity contribution in [2.75, 3.05) is 7.11 Å². The molecule has 0 spiro atoms. The van der Waals surface area contributed by atoms with E-state index in [1.54, 1.807) is 24.4 Å². The number of fused-ring (bicyclic) bond motifs is 1. The molecule has 0 saturated heterocycles. The Kier molecular flexibility index (Phi) is 5.83. The average Bonchev–Trinajstić information content (AvgIpc) is 3.03. The van der Waals surface area contributed by atoms with E-state index in [0.717, 1.165) is 12.1 Å². The van der Waals surface area contributed by atoms with Crippen LogP contribution in [0.25, 0.3) is 10.9 Å². The number of aryl methyl sites for hydroxylation is 1. The normalized spacial score (nSPS) is 12.7. The molecule has 0 bridgehead atoms. The Bertz CT molecular complexity index is 1060. The van der Waals surface area contributed by atoms with Crippen LogP contribution in [0, 0.1) is 0 Å². The molecule has 0 aliphatic heterocycles. The van der Waals surface area contributed by atoms with Gasteiger partial charge in [-0.1, -0.05) is 4.21 Å². The van der Waals surface area contributed by atoms with Crippen molar-refractivity contribution in [1.29, 1.82) is 0 Å². The van der Waals surface area contributed by atoms with Gasteiger partial charge in [0.2, 0.25) is 11.0 Å². The van der Waals surface area contributed by atoms with Gasteiger partial charge in [0.05, 0.1) is 18.8 Å². The van der Waals surface area contributed by atoms with E-state index in [4.69, 9.17) is 9.84 Å². The minimum atomic E-state index is -4.81. The van der Waals surface area contributed by atoms with E-state index in [0.29, 0.717) is 27.1 Å². The topological polar surface area (TPSA) is 77.8 Å². The maximum absolute atomic E-state index is 13.1. The van der Waals surface area contributed by atoms with Crippen LogP contribution in [0.1, 0.15) is 12.0 Å². The lowest BCUT2D eigenvalue weighted by molar-refractivity contribution is -0.274. The predicted octanol–water partition coefficient (Wildman–Crippen LogP) is 4.08. The summed E-state index contributed by atoms with van der Waals surface area (Å²) in [7, 11) is -0.693. The maximum Gasteiger partial charge on any atom is 0.573 e. The first-order chi connectivity index (χ1) is 13.7. The zero-order valence-electron chi connectivity index (χ0n) is 15.1. The van der Waals surface area contributed by atoms with E-state index in [9.17, 15) is 22.2 Å². The van der Waals surface area contributed by atoms with E-state index >= 15 is 0 Å². The van der Waals surface area contributed by atoms with Crippen LogP contribution in [0.5, 0.6) is 11.5 Å². The highest BCUT2D eigenvalue weighted by Crippen LogP contribution is 2.30. The van der Waals surface area contributed by atoms with Crippen molar-refractivity contribution in [2.45, 2.75) is 24.1 Å². The van der Waals surface area contributed by atoms with E-state index in [-0.39, 0.29) is 12.8 Å². The van der Waals surface area contributed by atoms with Crippen LogP contribution in [0.15, 0.2) is 53.6 Å². The number of methoxy groups -OCH3 is 1. The zero-order valence-corrected chi connectivity index (χ0v) is 16.0. The van der Waals surface area contributed by atoms with Gasteiger partial charge in [-0.15, -0.1) is 13.2 Å². The van der Waals surface area contributed by atoms with Crippen molar-refractivity contribution in [3.63, 3.8) is 0 Å². The molecule has 1 N–H and O–H groups in total. The number of hydrogen-bond donors (Lipinski definition) is 1. The van der Waals surface area contributed by atoms with Gasteiger partial charge in [0.25, 0.3) is 0 Å². The van der Waals surface area contributed by atoms with Gasteiger partial charge < -0.3 is 14.6 Å². The largest absolute Gasteiger partial charge is 0.573 e. The van der Waals surface area contributed by atoms with Gasteiger partial charge >= 0.3 is 12.3 Å². The van der Waals surface area contributed by atoms with Crippen molar-refractivity contribution in [3.05, 3.63) is 54.2 Å². The number of aromatic nitrogens is 1. The summed E-state index contributed by atoms with van der Waals surface area (Å²) in [6, 6.07) is 9.90. The number of aliphatic carboxylic acids is 1. The third-order valence-corrected chi connectivity index (χ3v) is 5.63. The SMILES string of the molecule is COc1ccc2c(c1)c(CCC(=O)O)cn2[SH+](=O)c1ccc(OC(F)(F)F)cc1. The third-order valence-electron chi connectivity index (χ3n) is 4.17. The molecule has 0 aliphatic rings. The van der Waals surface area contributed by atoms with Gasteiger partial charge in [0.1, 0.15) is 11.5 Å². The second kappa shape index (κ2) is 8.16. The summed E-state index contributed by atoms with van der Waals surface area (Å²) < 4.78 is 60.5. The van der Waals surface area contributed by atoms with Gasteiger partial charge in [-0.3, -0.25) is 4.79 Å². The highest BCUT2D eigenvalue weighted by Gasteiger charge is 2.31. The molecule has 0 aliphatic carbocycles. The summed E-state index contributed by atoms with van der Waals surface area (Å²) in [5.41, 5.74) is 1.28. The first kappa shape index (κ1) is 20.7. The van der Waals surface area contributed by atoms with Crippen molar-refractivity contribution in [1.82, 2.24) is 3.97 Å². The smallest absolute Gasteiger partial charge is 0.497 e. The summed E-state index contributed by atoms with van der Waals surface area (Å²) >= 11 is 0. The molecule has 29 heavy (non-hydrogen) atoms. The number of carbonyl (C=O) groups is 1. The molecule has 3 aromatic rings. The van der Waals surface area contributed by atoms with Gasteiger partial charge in [-0.05, 0) is 54.4 Å². The van der Waals surface area contributed by atoms with Crippen LogP contribution in [-0.4, -0.2) is 28.5 Å². The molecular formula is C19H17F3NO5S+. The number of carboxylic acid groups (broad SMARTS) is 1. The monoisotopic (exact) mass is 428 g/mol. The zero-order chi connectivity index (χ0) is 21.2. The summed E-state index contributed by atoms with van der Waals surface area (Å²) in [6.07, 6.45) is -3.07. The molecule has 0 amide bonds. The fourth-order valence-electron chi connectivity index (χ4n) is 2.88. The lowest BCUT2D eigenvalue weighted by Gasteiger charge is -2.08. The molecule has 1 heterocycles. The second-order valence-electron chi connectivity index (χ2n) is 6.09. The van der Waals surface area contributed by atoms with Crippen molar-refractivity contribution >= 4 is 27.9 Å². The quantitative estimate of drug-likeness (QED) is 0.453. The molecule has 1 unspecified atom stereocenters. The lowest BCUT2D eigenvalue weighted by Crippen LogP contribution is -2.17. The molecule has 1 atom stereocenters. The van der Waals surface area contributed by atoms with Gasteiger partial charge in [-0.25, -0.2) is 0 Å². The first-order valence-corrected chi connectivity index (χ1v) is 9.62. The number of ether oxygens (including phenoxy) is 2. The molecule has 0 saturated carbocycles. The number of halogens is 3. The van der Waals surface area contributed by atoms with Crippen molar-refractivity contribution in [2.24, 2.45) is 0 Å². The summed E-state index contributed by atoms with van der Waals surface area (Å²) in [4.78, 5) is 11.2. The Hall–Kier alpha value is -3.01. The Balaban J connectivity index is 1.97. The standard InChI is InChI=1S/C19H16F3NO5S/c1-27-14-5-8-17-16(10-14)12(2-9-18(24)25)11-23(17)29(26)15-6-3-13(4-7-15)28-19(20,21)22/h3-8,10-11H,2,9H2,1H3,(H,24,25)/p+1. The predicted molar refractivity (Wildman–Crippen MR) is 101 cm³/mol. The van der Waals surface area contributed by atoms with Crippen LogP contribution < -0.4 is 9.47 Å². The molecule has 10 heteroatoms. The number of hydrogen-bond acceptors (Lipinski definition) is 4. The molecule has 1 aromatic heterocycles. The highest BCUT2D eigenvalue weighted by molar-refractivity contribution is 7.83. The molecule has 0 radical (unpaired) electrons. The maximum atomic E-state index is 13.1. The van der Waals surface area contributed by atoms with Gasteiger partial charge in [0.15, 0.2) is 4.90 Å². The van der Waals surface area contributed by atoms with Crippen LogP contribution in [0.4, 0.5) is 13.2 Å². The fourth-order valence-corrected chi connectivity index (χ4v) is 4.14. The fraction of sp³-hybridized carbons (Fsp3) is 0.211. The summed E-state index contributed by atoms with van der Waals surface area (Å²) in [5, 5.41) is 9.67. The molecule has 0 fully saturated rings. The Morgan fingerprint density at radius 2 is 1.79 bits per heavy atom.